The molecule has 0 spiro atoms. The number of nitrogens with zero attached hydrogens (tertiary/aromatic N) is 4. The largest absolute Gasteiger partial charge is 0.476 e. The summed E-state index contributed by atoms with van der Waals surface area (Å²) in [6, 6.07) is 7.05. The molecule has 0 saturated carbocycles. The van der Waals surface area contributed by atoms with Crippen LogP contribution in [0.4, 0.5) is 0 Å². The maximum atomic E-state index is 11.4. The number of carboxylic acid groups (broad SMARTS) is 1. The maximum absolute atomic E-state index is 11.4. The molecule has 1 N–H and O–H groups in total. The molecule has 0 amide bonds. The summed E-state index contributed by atoms with van der Waals surface area (Å²) in [4.78, 5) is 23.6. The number of carboxylic acids is 1. The normalized spacial score (nSPS) is 10.7. The summed E-state index contributed by atoms with van der Waals surface area (Å²) in [5, 5.41) is 10.4. The highest BCUT2D eigenvalue weighted by atomic mass is 32.2. The number of aromatic carboxylic acids is 1. The Morgan fingerprint density at radius 2 is 2.21 bits per heavy atom. The van der Waals surface area contributed by atoms with E-state index in [2.05, 4.69) is 15.0 Å². The van der Waals surface area contributed by atoms with Crippen LogP contribution in [0.5, 0.6) is 0 Å². The molecule has 3 aromatic rings. The zero-order valence-corrected chi connectivity index (χ0v) is 10.4. The van der Waals surface area contributed by atoms with Gasteiger partial charge in [0.05, 0.1) is 0 Å². The minimum Gasteiger partial charge on any atom is -0.476 e. The molecule has 0 fully saturated rings. The van der Waals surface area contributed by atoms with Gasteiger partial charge in [0.15, 0.2) is 5.69 Å². The number of carbonyl (C=O) groups is 1. The molecule has 0 atom stereocenters. The maximum Gasteiger partial charge on any atom is 0.355 e. The van der Waals surface area contributed by atoms with Crippen molar-refractivity contribution in [3.8, 4) is 0 Å². The van der Waals surface area contributed by atoms with Crippen LogP contribution in [0.15, 0.2) is 53.0 Å². The first-order valence-electron chi connectivity index (χ1n) is 5.40. The second kappa shape index (κ2) is 4.69. The van der Waals surface area contributed by atoms with Gasteiger partial charge >= 0.3 is 5.97 Å². The standard InChI is InChI=1S/C12H8N4O2S/c17-12(18)10-11(19-9-4-5-13-7-14-9)15-8-3-1-2-6-16(8)10/h1-7H,(H,17,18). The molecule has 0 aromatic carbocycles. The van der Waals surface area contributed by atoms with E-state index in [1.165, 1.54) is 18.1 Å². The molecule has 0 aliphatic heterocycles. The third-order valence-electron chi connectivity index (χ3n) is 2.46. The van der Waals surface area contributed by atoms with Gasteiger partial charge in [-0.2, -0.15) is 0 Å². The van der Waals surface area contributed by atoms with Crippen LogP contribution < -0.4 is 0 Å². The Morgan fingerprint density at radius 3 is 2.95 bits per heavy atom. The lowest BCUT2D eigenvalue weighted by molar-refractivity contribution is 0.0685. The van der Waals surface area contributed by atoms with Gasteiger partial charge in [0.2, 0.25) is 0 Å². The highest BCUT2D eigenvalue weighted by Gasteiger charge is 2.19. The Kier molecular flexibility index (Phi) is 2.88. The predicted octanol–water partition coefficient (Wildman–Crippen LogP) is 1.97. The summed E-state index contributed by atoms with van der Waals surface area (Å²) < 4.78 is 1.55. The van der Waals surface area contributed by atoms with Crippen LogP contribution in [0.1, 0.15) is 10.5 Å². The van der Waals surface area contributed by atoms with E-state index in [9.17, 15) is 9.90 Å². The monoisotopic (exact) mass is 272 g/mol. The van der Waals surface area contributed by atoms with Crippen molar-refractivity contribution in [1.82, 2.24) is 19.4 Å². The fourth-order valence-corrected chi connectivity index (χ4v) is 2.53. The molecule has 19 heavy (non-hydrogen) atoms. The van der Waals surface area contributed by atoms with Crippen molar-refractivity contribution >= 4 is 23.4 Å². The number of rotatable bonds is 3. The molecule has 7 heteroatoms. The molecular weight excluding hydrogens is 264 g/mol. The molecule has 94 valence electrons. The first kappa shape index (κ1) is 11.7. The quantitative estimate of drug-likeness (QED) is 0.734. The van der Waals surface area contributed by atoms with Gasteiger partial charge in [-0.3, -0.25) is 4.40 Å². The highest BCUT2D eigenvalue weighted by molar-refractivity contribution is 7.99. The molecule has 3 heterocycles. The minimum atomic E-state index is -1.02. The smallest absolute Gasteiger partial charge is 0.355 e. The van der Waals surface area contributed by atoms with Crippen LogP contribution in [-0.2, 0) is 0 Å². The van der Waals surface area contributed by atoms with Crippen molar-refractivity contribution < 1.29 is 9.90 Å². The van der Waals surface area contributed by atoms with Crippen molar-refractivity contribution in [3.63, 3.8) is 0 Å². The van der Waals surface area contributed by atoms with Gasteiger partial charge in [0.25, 0.3) is 0 Å². The van der Waals surface area contributed by atoms with Crippen molar-refractivity contribution in [2.75, 3.05) is 0 Å². The Bertz CT molecular complexity index is 742. The Morgan fingerprint density at radius 1 is 1.32 bits per heavy atom. The molecule has 3 aromatic heterocycles. The van der Waals surface area contributed by atoms with Gasteiger partial charge in [-0.25, -0.2) is 19.7 Å². The van der Waals surface area contributed by atoms with E-state index in [1.54, 1.807) is 35.0 Å². The average molecular weight is 272 g/mol. The molecule has 3 rings (SSSR count). The lowest BCUT2D eigenvalue weighted by Crippen LogP contribution is -2.02. The SMILES string of the molecule is O=C(O)c1c(Sc2ccncn2)nc2ccccn12. The van der Waals surface area contributed by atoms with Crippen molar-refractivity contribution in [3.05, 3.63) is 48.7 Å². The lowest BCUT2D eigenvalue weighted by Gasteiger charge is -1.99. The summed E-state index contributed by atoms with van der Waals surface area (Å²) in [6.07, 6.45) is 4.69. The zero-order chi connectivity index (χ0) is 13.2. The van der Waals surface area contributed by atoms with E-state index >= 15 is 0 Å². The number of hydrogen-bond donors (Lipinski definition) is 1. The number of hydrogen-bond acceptors (Lipinski definition) is 5. The molecular formula is C12H8N4O2S. The van der Waals surface area contributed by atoms with E-state index in [0.29, 0.717) is 15.7 Å². The highest BCUT2D eigenvalue weighted by Crippen LogP contribution is 2.28. The van der Waals surface area contributed by atoms with Gasteiger partial charge in [0, 0.05) is 12.4 Å². The first-order chi connectivity index (χ1) is 9.25. The number of aromatic nitrogens is 4. The number of imidazole rings is 1. The molecule has 0 radical (unpaired) electrons. The molecule has 0 aliphatic carbocycles. The zero-order valence-electron chi connectivity index (χ0n) is 9.59. The molecule has 0 saturated heterocycles. The van der Waals surface area contributed by atoms with E-state index < -0.39 is 5.97 Å². The van der Waals surface area contributed by atoms with Crippen molar-refractivity contribution in [1.29, 1.82) is 0 Å². The van der Waals surface area contributed by atoms with Crippen LogP contribution in [-0.4, -0.2) is 30.4 Å². The van der Waals surface area contributed by atoms with Crippen LogP contribution in [0.3, 0.4) is 0 Å². The van der Waals surface area contributed by atoms with E-state index in [0.717, 1.165) is 0 Å². The third-order valence-corrected chi connectivity index (χ3v) is 3.39. The molecule has 0 bridgehead atoms. The van der Waals surface area contributed by atoms with Crippen LogP contribution in [0, 0.1) is 0 Å². The minimum absolute atomic E-state index is 0.138. The topological polar surface area (TPSA) is 80.4 Å². The predicted molar refractivity (Wildman–Crippen MR) is 68.3 cm³/mol. The van der Waals surface area contributed by atoms with Gasteiger partial charge < -0.3 is 5.11 Å². The Labute approximate surface area is 112 Å². The van der Waals surface area contributed by atoms with Gasteiger partial charge in [-0.1, -0.05) is 6.07 Å². The second-order valence-corrected chi connectivity index (χ2v) is 4.66. The second-order valence-electron chi connectivity index (χ2n) is 3.65. The molecule has 0 aliphatic rings. The lowest BCUT2D eigenvalue weighted by atomic mass is 10.4. The van der Waals surface area contributed by atoms with E-state index in [1.807, 2.05) is 6.07 Å². The molecule has 6 nitrogen and oxygen atoms in total. The summed E-state index contributed by atoms with van der Waals surface area (Å²) in [7, 11) is 0. The summed E-state index contributed by atoms with van der Waals surface area (Å²) in [5.74, 6) is -1.02. The Balaban J connectivity index is 2.13. The average Bonchev–Trinajstić information content (AvgIpc) is 2.77. The van der Waals surface area contributed by atoms with Crippen LogP contribution in [0.2, 0.25) is 0 Å². The number of pyridine rings is 1. The summed E-state index contributed by atoms with van der Waals surface area (Å²) in [5.41, 5.74) is 0.732. The van der Waals surface area contributed by atoms with Crippen molar-refractivity contribution in [2.45, 2.75) is 10.1 Å². The van der Waals surface area contributed by atoms with Crippen molar-refractivity contribution in [2.24, 2.45) is 0 Å². The van der Waals surface area contributed by atoms with Crippen LogP contribution >= 0.6 is 11.8 Å². The fourth-order valence-electron chi connectivity index (χ4n) is 1.68. The fraction of sp³-hybridized carbons (Fsp3) is 0. The molecule has 0 unspecified atom stereocenters. The van der Waals surface area contributed by atoms with E-state index in [4.69, 9.17) is 0 Å². The summed E-state index contributed by atoms with van der Waals surface area (Å²) >= 11 is 1.20. The van der Waals surface area contributed by atoms with Gasteiger partial charge in [0.1, 0.15) is 22.0 Å². The first-order valence-corrected chi connectivity index (χ1v) is 6.21. The van der Waals surface area contributed by atoms with Crippen LogP contribution in [0.25, 0.3) is 5.65 Å². The summed E-state index contributed by atoms with van der Waals surface area (Å²) in [6.45, 7) is 0. The van der Waals surface area contributed by atoms with Gasteiger partial charge in [-0.15, -0.1) is 0 Å². The Hall–Kier alpha value is -2.41. The number of fused-ring (bicyclic) bond motifs is 1. The third kappa shape index (κ3) is 2.15. The van der Waals surface area contributed by atoms with Gasteiger partial charge in [-0.05, 0) is 30.0 Å². The van der Waals surface area contributed by atoms with E-state index in [-0.39, 0.29) is 5.69 Å².